The van der Waals surface area contributed by atoms with Crippen molar-refractivity contribution in [2.75, 3.05) is 32.6 Å². The van der Waals surface area contributed by atoms with Crippen molar-refractivity contribution in [2.24, 2.45) is 10.9 Å². The highest BCUT2D eigenvalue weighted by Crippen LogP contribution is 2.44. The molecule has 10 heteroatoms. The summed E-state index contributed by atoms with van der Waals surface area (Å²) in [5.74, 6) is 1.17. The molecule has 240 valence electrons. The van der Waals surface area contributed by atoms with Gasteiger partial charge in [0.15, 0.2) is 21.5 Å². The van der Waals surface area contributed by atoms with Crippen LogP contribution in [0.15, 0.2) is 88.8 Å². The summed E-state index contributed by atoms with van der Waals surface area (Å²) >= 11 is 0. The molecule has 45 heavy (non-hydrogen) atoms. The Morgan fingerprint density at radius 3 is 2.47 bits per heavy atom. The van der Waals surface area contributed by atoms with Crippen molar-refractivity contribution in [1.29, 1.82) is 0 Å². The maximum atomic E-state index is 14.4. The number of benzene rings is 3. The molecule has 1 amide bonds. The average Bonchev–Trinajstić information content (AvgIpc) is 3.49. The lowest BCUT2D eigenvalue weighted by atomic mass is 9.84. The van der Waals surface area contributed by atoms with Crippen LogP contribution in [0.25, 0.3) is 0 Å². The molecule has 3 aromatic carbocycles. The molecule has 1 fully saturated rings. The van der Waals surface area contributed by atoms with E-state index in [1.807, 2.05) is 12.1 Å². The van der Waals surface area contributed by atoms with E-state index in [0.717, 1.165) is 25.7 Å². The quantitative estimate of drug-likeness (QED) is 0.232. The van der Waals surface area contributed by atoms with Gasteiger partial charge in [-0.3, -0.25) is 4.79 Å². The number of aliphatic hydroxyl groups excluding tert-OH is 1. The van der Waals surface area contributed by atoms with Crippen molar-refractivity contribution in [3.8, 4) is 11.5 Å². The summed E-state index contributed by atoms with van der Waals surface area (Å²) in [5.41, 5.74) is -0.277. The van der Waals surface area contributed by atoms with Crippen LogP contribution in [0.3, 0.4) is 0 Å². The Bertz CT molecular complexity index is 1550. The highest BCUT2D eigenvalue weighted by Gasteiger charge is 2.53. The fourth-order valence-corrected chi connectivity index (χ4v) is 7.38. The Balaban J connectivity index is 1.53. The molecule has 3 aromatic rings. The second-order valence-corrected chi connectivity index (χ2v) is 13.8. The lowest BCUT2D eigenvalue weighted by molar-refractivity contribution is -0.129. The van der Waals surface area contributed by atoms with Crippen LogP contribution in [0, 0.1) is 5.92 Å². The fourth-order valence-electron chi connectivity index (χ4n) is 5.99. The number of rotatable bonds is 14. The topological polar surface area (TPSA) is 124 Å². The van der Waals surface area contributed by atoms with Crippen LogP contribution in [-0.2, 0) is 19.4 Å². The molecule has 1 saturated carbocycles. The van der Waals surface area contributed by atoms with Crippen LogP contribution in [0.1, 0.15) is 62.2 Å². The number of aliphatic hydroxyl groups is 1. The van der Waals surface area contributed by atoms with E-state index in [-0.39, 0.29) is 35.5 Å². The number of hydrogen-bond acceptors (Lipinski definition) is 8. The Labute approximate surface area is 265 Å². The molecule has 0 aromatic heterocycles. The fraction of sp³-hybridized carbons (Fsp3) is 0.429. The molecule has 0 unspecified atom stereocenters. The first-order valence-corrected chi connectivity index (χ1v) is 17.3. The number of methoxy groups -OCH3 is 1. The van der Waals surface area contributed by atoms with E-state index in [4.69, 9.17) is 24.3 Å². The molecule has 2 aliphatic rings. The first-order valence-electron chi connectivity index (χ1n) is 15.7. The Hall–Kier alpha value is -3.89. The lowest BCUT2D eigenvalue weighted by Crippen LogP contribution is -2.50. The third-order valence-electron chi connectivity index (χ3n) is 8.56. The van der Waals surface area contributed by atoms with Crippen LogP contribution in [0.4, 0.5) is 0 Å². The highest BCUT2D eigenvalue weighted by atomic mass is 32.2. The van der Waals surface area contributed by atoms with Gasteiger partial charge in [0, 0.05) is 31.6 Å². The predicted molar refractivity (Wildman–Crippen MR) is 172 cm³/mol. The Morgan fingerprint density at radius 1 is 1.00 bits per heavy atom. The first kappa shape index (κ1) is 32.5. The lowest BCUT2D eigenvalue weighted by Gasteiger charge is -2.32. The van der Waals surface area contributed by atoms with E-state index in [9.17, 15) is 13.2 Å². The monoisotopic (exact) mass is 634 g/mol. The number of carbonyl (C=O) groups excluding carboxylic acids is 1. The zero-order valence-electron chi connectivity index (χ0n) is 25.7. The molecular weight excluding hydrogens is 592 g/mol. The molecule has 2 atom stereocenters. The van der Waals surface area contributed by atoms with Gasteiger partial charge in [-0.15, -0.1) is 0 Å². The molecule has 2 N–H and O–H groups in total. The molecular formula is C35H42N2O7S. The van der Waals surface area contributed by atoms with Crippen LogP contribution in [0.5, 0.6) is 11.5 Å². The van der Waals surface area contributed by atoms with E-state index in [2.05, 4.69) is 5.32 Å². The van der Waals surface area contributed by atoms with Crippen LogP contribution in [-0.4, -0.2) is 63.5 Å². The van der Waals surface area contributed by atoms with Gasteiger partial charge in [0.2, 0.25) is 5.90 Å². The molecule has 1 aliphatic heterocycles. The summed E-state index contributed by atoms with van der Waals surface area (Å²) in [6, 6.07) is 22.7. The highest BCUT2D eigenvalue weighted by molar-refractivity contribution is 7.91. The summed E-state index contributed by atoms with van der Waals surface area (Å²) in [4.78, 5) is 19.6. The van der Waals surface area contributed by atoms with Gasteiger partial charge in [-0.1, -0.05) is 49.6 Å². The molecule has 0 spiro atoms. The largest absolute Gasteiger partial charge is 0.497 e. The van der Waals surface area contributed by atoms with Gasteiger partial charge in [0.1, 0.15) is 11.5 Å². The van der Waals surface area contributed by atoms with E-state index >= 15 is 0 Å². The Kier molecular flexibility index (Phi) is 10.8. The summed E-state index contributed by atoms with van der Waals surface area (Å²) < 4.78 is 44.8. The summed E-state index contributed by atoms with van der Waals surface area (Å²) in [5, 5.41) is 12.2. The van der Waals surface area contributed by atoms with Crippen LogP contribution in [0.2, 0.25) is 0 Å². The third kappa shape index (κ3) is 7.86. The van der Waals surface area contributed by atoms with Gasteiger partial charge in [0.25, 0.3) is 5.91 Å². The second kappa shape index (κ2) is 14.9. The summed E-state index contributed by atoms with van der Waals surface area (Å²) in [7, 11) is -2.17. The van der Waals surface area contributed by atoms with Crippen LogP contribution >= 0.6 is 0 Å². The number of nitrogens with one attached hydrogen (secondary N) is 1. The number of carbonyl (C=O) groups is 1. The zero-order valence-corrected chi connectivity index (χ0v) is 26.5. The molecule has 9 nitrogen and oxygen atoms in total. The van der Waals surface area contributed by atoms with E-state index in [1.165, 1.54) is 6.42 Å². The standard InChI is InChI=1S/C35H42N2O7S/c1-42-30-13-8-12-28(24-30)32-35(34(39)36-25-26-10-4-2-5-11-26,20-23-45(40,41)31-14-6-3-7-15-31)37-33(44-32)27-16-18-29(19-17-27)43-22-9-21-38/h3,6-8,12-19,24,26,32,38H,2,4-5,9-11,20-23,25H2,1H3,(H,36,39)/t32-,35-/m1/s1. The van der Waals surface area contributed by atoms with Gasteiger partial charge in [0.05, 0.1) is 24.4 Å². The van der Waals surface area contributed by atoms with Gasteiger partial charge >= 0.3 is 0 Å². The van der Waals surface area contributed by atoms with E-state index < -0.39 is 21.5 Å². The van der Waals surface area contributed by atoms with Crippen LogP contribution < -0.4 is 14.8 Å². The average molecular weight is 635 g/mol. The van der Waals surface area contributed by atoms with E-state index in [1.54, 1.807) is 73.8 Å². The van der Waals surface area contributed by atoms with Crippen molar-refractivity contribution >= 4 is 21.6 Å². The zero-order chi connectivity index (χ0) is 31.7. The number of nitrogens with zero attached hydrogens (tertiary/aromatic N) is 1. The molecule has 0 saturated heterocycles. The molecule has 1 heterocycles. The van der Waals surface area contributed by atoms with Crippen molar-refractivity contribution in [1.82, 2.24) is 5.32 Å². The minimum Gasteiger partial charge on any atom is -0.497 e. The van der Waals surface area contributed by atoms with Crippen molar-refractivity contribution in [3.05, 3.63) is 90.0 Å². The second-order valence-electron chi connectivity index (χ2n) is 11.7. The minimum absolute atomic E-state index is 0.0409. The maximum absolute atomic E-state index is 14.4. The minimum atomic E-state index is -3.74. The van der Waals surface area contributed by atoms with E-state index in [0.29, 0.717) is 48.1 Å². The first-order chi connectivity index (χ1) is 21.8. The summed E-state index contributed by atoms with van der Waals surface area (Å²) in [6.07, 6.45) is 5.10. The maximum Gasteiger partial charge on any atom is 0.252 e. The SMILES string of the molecule is COc1cccc([C@H]2OC(c3ccc(OCCCO)cc3)=N[C@@]2(CCS(=O)(=O)c2ccccc2)C(=O)NCC2CCCCC2)c1. The van der Waals surface area contributed by atoms with Crippen molar-refractivity contribution in [3.63, 3.8) is 0 Å². The molecule has 0 bridgehead atoms. The number of sulfone groups is 1. The smallest absolute Gasteiger partial charge is 0.252 e. The van der Waals surface area contributed by atoms with Gasteiger partial charge in [-0.05, 0) is 72.9 Å². The van der Waals surface area contributed by atoms with Crippen molar-refractivity contribution < 1.29 is 32.5 Å². The Morgan fingerprint density at radius 2 is 1.76 bits per heavy atom. The van der Waals surface area contributed by atoms with Gasteiger partial charge in [-0.2, -0.15) is 0 Å². The number of amides is 1. The normalized spacial score (nSPS) is 20.2. The molecule has 0 radical (unpaired) electrons. The van der Waals surface area contributed by atoms with Gasteiger partial charge in [-0.25, -0.2) is 13.4 Å². The molecule has 1 aliphatic carbocycles. The predicted octanol–water partition coefficient (Wildman–Crippen LogP) is 5.27. The third-order valence-corrected chi connectivity index (χ3v) is 10.3. The van der Waals surface area contributed by atoms with Gasteiger partial charge < -0.3 is 24.6 Å². The number of ether oxygens (including phenoxy) is 3. The van der Waals surface area contributed by atoms with Crippen molar-refractivity contribution in [2.45, 2.75) is 61.5 Å². The summed E-state index contributed by atoms with van der Waals surface area (Å²) in [6.45, 7) is 0.923. The number of aliphatic imine (C=N–C) groups is 1. The number of hydrogen-bond donors (Lipinski definition) is 2. The molecule has 5 rings (SSSR count).